The molecule has 0 saturated heterocycles. The molecule has 1 amide bonds. The average Bonchev–Trinajstić information content (AvgIpc) is 2.49. The van der Waals surface area contributed by atoms with Gasteiger partial charge in [-0.2, -0.15) is 0 Å². The molecular formula is C20H31ClN2O. The van der Waals surface area contributed by atoms with E-state index in [1.54, 1.807) is 0 Å². The molecule has 1 aromatic rings. The van der Waals surface area contributed by atoms with E-state index in [4.69, 9.17) is 5.73 Å². The number of fused-ring (bicyclic) bond motifs is 2. The summed E-state index contributed by atoms with van der Waals surface area (Å²) in [6.07, 6.45) is 6.58. The lowest BCUT2D eigenvalue weighted by Crippen LogP contribution is -2.50. The minimum absolute atomic E-state index is 0. The van der Waals surface area contributed by atoms with Crippen molar-refractivity contribution in [1.82, 2.24) is 5.32 Å². The summed E-state index contributed by atoms with van der Waals surface area (Å²) >= 11 is 0. The number of benzene rings is 1. The van der Waals surface area contributed by atoms with E-state index in [1.807, 2.05) is 0 Å². The van der Waals surface area contributed by atoms with Crippen LogP contribution in [0.5, 0.6) is 0 Å². The molecule has 3 nitrogen and oxygen atoms in total. The quantitative estimate of drug-likeness (QED) is 0.871. The highest BCUT2D eigenvalue weighted by atomic mass is 35.5. The molecule has 0 aliphatic heterocycles. The number of aryl methyl sites for hydroxylation is 1. The van der Waals surface area contributed by atoms with E-state index in [0.717, 1.165) is 19.3 Å². The third-order valence-electron chi connectivity index (χ3n) is 5.96. The maximum absolute atomic E-state index is 12.7. The minimum Gasteiger partial charge on any atom is -0.353 e. The van der Waals surface area contributed by atoms with Crippen molar-refractivity contribution >= 4 is 18.3 Å². The molecule has 2 bridgehead atoms. The first-order valence-electron chi connectivity index (χ1n) is 9.15. The Kier molecular flexibility index (Phi) is 6.70. The molecule has 0 heterocycles. The Morgan fingerprint density at radius 1 is 1.25 bits per heavy atom. The van der Waals surface area contributed by atoms with Crippen molar-refractivity contribution in [3.63, 3.8) is 0 Å². The normalized spacial score (nSPS) is 30.1. The lowest BCUT2D eigenvalue weighted by Gasteiger charge is -2.43. The Morgan fingerprint density at radius 2 is 1.88 bits per heavy atom. The molecule has 0 radical (unpaired) electrons. The number of rotatable bonds is 4. The van der Waals surface area contributed by atoms with Crippen molar-refractivity contribution in [3.05, 3.63) is 35.4 Å². The van der Waals surface area contributed by atoms with Crippen LogP contribution < -0.4 is 11.1 Å². The van der Waals surface area contributed by atoms with Gasteiger partial charge in [-0.05, 0) is 68.9 Å². The standard InChI is InChI=1S/C20H30N2O.ClH/c1-13-6-3-4-7-15(13)10-14(2)22-20(23)18-11-16-8-5-9-17(12-18)19(16)21;/h3-4,6-7,14,16-19H,5,8-12,21H2,1-2H3,(H,22,23);1H. The molecule has 3 unspecified atom stereocenters. The highest BCUT2D eigenvalue weighted by Crippen LogP contribution is 2.41. The maximum Gasteiger partial charge on any atom is 0.223 e. The topological polar surface area (TPSA) is 55.1 Å². The fourth-order valence-electron chi connectivity index (χ4n) is 4.58. The van der Waals surface area contributed by atoms with Crippen LogP contribution in [0.4, 0.5) is 0 Å². The number of hydrogen-bond donors (Lipinski definition) is 2. The first-order chi connectivity index (χ1) is 11.0. The van der Waals surface area contributed by atoms with Crippen LogP contribution in [0.2, 0.25) is 0 Å². The molecule has 2 saturated carbocycles. The van der Waals surface area contributed by atoms with Gasteiger partial charge in [0.05, 0.1) is 0 Å². The second-order valence-corrected chi connectivity index (χ2v) is 7.74. The molecule has 0 spiro atoms. The van der Waals surface area contributed by atoms with Crippen LogP contribution in [0.3, 0.4) is 0 Å². The van der Waals surface area contributed by atoms with Crippen LogP contribution in [0.25, 0.3) is 0 Å². The molecule has 3 atom stereocenters. The molecule has 134 valence electrons. The summed E-state index contributed by atoms with van der Waals surface area (Å²) in [5.74, 6) is 1.54. The lowest BCUT2D eigenvalue weighted by atomic mass is 9.65. The summed E-state index contributed by atoms with van der Waals surface area (Å²) in [7, 11) is 0. The Morgan fingerprint density at radius 3 is 2.50 bits per heavy atom. The number of carbonyl (C=O) groups excluding carboxylic acids is 1. The van der Waals surface area contributed by atoms with E-state index in [-0.39, 0.29) is 30.3 Å². The molecular weight excluding hydrogens is 320 g/mol. The number of halogens is 1. The zero-order valence-corrected chi connectivity index (χ0v) is 15.6. The van der Waals surface area contributed by atoms with Crippen LogP contribution >= 0.6 is 12.4 Å². The smallest absolute Gasteiger partial charge is 0.223 e. The van der Waals surface area contributed by atoms with E-state index in [9.17, 15) is 4.79 Å². The van der Waals surface area contributed by atoms with Gasteiger partial charge in [-0.3, -0.25) is 4.79 Å². The highest BCUT2D eigenvalue weighted by molar-refractivity contribution is 5.85. The average molecular weight is 351 g/mol. The van der Waals surface area contributed by atoms with Crippen LogP contribution in [0, 0.1) is 24.7 Å². The molecule has 2 aliphatic rings. The van der Waals surface area contributed by atoms with Gasteiger partial charge in [-0.25, -0.2) is 0 Å². The first kappa shape index (κ1) is 19.3. The molecule has 4 heteroatoms. The van der Waals surface area contributed by atoms with E-state index in [0.29, 0.717) is 17.9 Å². The second kappa shape index (κ2) is 8.35. The van der Waals surface area contributed by atoms with E-state index in [1.165, 1.54) is 30.4 Å². The Labute approximate surface area is 152 Å². The summed E-state index contributed by atoms with van der Waals surface area (Å²) in [6, 6.07) is 8.93. The van der Waals surface area contributed by atoms with Gasteiger partial charge in [0.25, 0.3) is 0 Å². The Hall–Kier alpha value is -1.06. The molecule has 1 aromatic carbocycles. The SMILES string of the molecule is Cc1ccccc1CC(C)NC(=O)C1CC2CCCC(C1)C2N.Cl. The Balaban J connectivity index is 0.00000208. The largest absolute Gasteiger partial charge is 0.353 e. The van der Waals surface area contributed by atoms with Gasteiger partial charge in [-0.1, -0.05) is 30.7 Å². The fraction of sp³-hybridized carbons (Fsp3) is 0.650. The zero-order valence-electron chi connectivity index (χ0n) is 14.8. The fourth-order valence-corrected chi connectivity index (χ4v) is 4.58. The molecule has 0 aromatic heterocycles. The summed E-state index contributed by atoms with van der Waals surface area (Å²) in [5.41, 5.74) is 8.96. The van der Waals surface area contributed by atoms with Gasteiger partial charge in [0.15, 0.2) is 0 Å². The lowest BCUT2D eigenvalue weighted by molar-refractivity contribution is -0.128. The van der Waals surface area contributed by atoms with Crippen LogP contribution in [0.15, 0.2) is 24.3 Å². The molecule has 3 N–H and O–H groups in total. The van der Waals surface area contributed by atoms with Crippen molar-refractivity contribution in [2.24, 2.45) is 23.5 Å². The Bertz CT molecular complexity index is 548. The van der Waals surface area contributed by atoms with Gasteiger partial charge in [0.1, 0.15) is 0 Å². The number of nitrogens with one attached hydrogen (secondary N) is 1. The number of carbonyl (C=O) groups is 1. The number of hydrogen-bond acceptors (Lipinski definition) is 2. The number of nitrogens with two attached hydrogens (primary N) is 1. The zero-order chi connectivity index (χ0) is 16.4. The van der Waals surface area contributed by atoms with Crippen LogP contribution in [-0.4, -0.2) is 18.0 Å². The molecule has 3 rings (SSSR count). The van der Waals surface area contributed by atoms with E-state index < -0.39 is 0 Å². The highest BCUT2D eigenvalue weighted by Gasteiger charge is 2.40. The summed E-state index contributed by atoms with van der Waals surface area (Å²) in [6.45, 7) is 4.24. The maximum atomic E-state index is 12.7. The van der Waals surface area contributed by atoms with Crippen LogP contribution in [-0.2, 0) is 11.2 Å². The minimum atomic E-state index is 0. The molecule has 2 fully saturated rings. The predicted molar refractivity (Wildman–Crippen MR) is 101 cm³/mol. The van der Waals surface area contributed by atoms with Crippen molar-refractivity contribution < 1.29 is 4.79 Å². The predicted octanol–water partition coefficient (Wildman–Crippen LogP) is 3.62. The van der Waals surface area contributed by atoms with Gasteiger partial charge in [0, 0.05) is 18.0 Å². The van der Waals surface area contributed by atoms with Crippen molar-refractivity contribution in [3.8, 4) is 0 Å². The van der Waals surface area contributed by atoms with Crippen molar-refractivity contribution in [2.75, 3.05) is 0 Å². The summed E-state index contributed by atoms with van der Waals surface area (Å²) < 4.78 is 0. The van der Waals surface area contributed by atoms with Gasteiger partial charge in [-0.15, -0.1) is 12.4 Å². The van der Waals surface area contributed by atoms with Gasteiger partial charge < -0.3 is 11.1 Å². The first-order valence-corrected chi connectivity index (χ1v) is 9.15. The molecule has 24 heavy (non-hydrogen) atoms. The van der Waals surface area contributed by atoms with E-state index in [2.05, 4.69) is 43.4 Å². The molecule has 2 aliphatic carbocycles. The number of amides is 1. The van der Waals surface area contributed by atoms with Gasteiger partial charge >= 0.3 is 0 Å². The second-order valence-electron chi connectivity index (χ2n) is 7.74. The van der Waals surface area contributed by atoms with Gasteiger partial charge in [0.2, 0.25) is 5.91 Å². The summed E-state index contributed by atoms with van der Waals surface area (Å²) in [5, 5.41) is 3.25. The van der Waals surface area contributed by atoms with Crippen LogP contribution in [0.1, 0.15) is 50.2 Å². The van der Waals surface area contributed by atoms with Crippen molar-refractivity contribution in [1.29, 1.82) is 0 Å². The van der Waals surface area contributed by atoms with Crippen molar-refractivity contribution in [2.45, 2.75) is 64.5 Å². The monoisotopic (exact) mass is 350 g/mol. The third kappa shape index (κ3) is 4.31. The van der Waals surface area contributed by atoms with E-state index >= 15 is 0 Å². The summed E-state index contributed by atoms with van der Waals surface area (Å²) in [4.78, 5) is 12.7. The third-order valence-corrected chi connectivity index (χ3v) is 5.96.